The topological polar surface area (TPSA) is 21.3 Å². The zero-order chi connectivity index (χ0) is 13.5. The molecular formula is C15H24BrNO. The molecule has 1 atom stereocenters. The van der Waals surface area contributed by atoms with E-state index in [2.05, 4.69) is 54.2 Å². The Hall–Kier alpha value is -0.540. The highest BCUT2D eigenvalue weighted by molar-refractivity contribution is 9.10. The zero-order valence-electron chi connectivity index (χ0n) is 11.8. The summed E-state index contributed by atoms with van der Waals surface area (Å²) in [6, 6.07) is 4.24. The molecule has 0 saturated carbocycles. The average molecular weight is 314 g/mol. The second-order valence-electron chi connectivity index (χ2n) is 4.95. The maximum absolute atomic E-state index is 6.03. The van der Waals surface area contributed by atoms with Crippen LogP contribution in [0.3, 0.4) is 0 Å². The number of hydrogen-bond acceptors (Lipinski definition) is 2. The average Bonchev–Trinajstić information content (AvgIpc) is 2.28. The third-order valence-corrected chi connectivity index (χ3v) is 3.44. The Morgan fingerprint density at radius 2 is 2.11 bits per heavy atom. The van der Waals surface area contributed by atoms with Gasteiger partial charge in [-0.15, -0.1) is 0 Å². The molecule has 1 unspecified atom stereocenters. The minimum absolute atomic E-state index is 0.612. The Kier molecular flexibility index (Phi) is 6.72. The molecule has 3 heteroatoms. The lowest BCUT2D eigenvalue weighted by atomic mass is 10.1. The summed E-state index contributed by atoms with van der Waals surface area (Å²) in [5, 5.41) is 3.19. The molecule has 1 aromatic carbocycles. The van der Waals surface area contributed by atoms with E-state index >= 15 is 0 Å². The summed E-state index contributed by atoms with van der Waals surface area (Å²) in [7, 11) is 1.96. The predicted molar refractivity (Wildman–Crippen MR) is 81.2 cm³/mol. The number of ether oxygens (including phenoxy) is 1. The van der Waals surface area contributed by atoms with Crippen LogP contribution < -0.4 is 10.1 Å². The Labute approximate surface area is 119 Å². The minimum Gasteiger partial charge on any atom is -0.493 e. The molecule has 1 rings (SSSR count). The molecule has 0 heterocycles. The molecule has 0 radical (unpaired) electrons. The van der Waals surface area contributed by atoms with Gasteiger partial charge in [0, 0.05) is 16.6 Å². The van der Waals surface area contributed by atoms with Gasteiger partial charge in [-0.2, -0.15) is 0 Å². The summed E-state index contributed by atoms with van der Waals surface area (Å²) < 4.78 is 7.14. The van der Waals surface area contributed by atoms with Crippen LogP contribution in [-0.2, 0) is 6.54 Å². The Balaban J connectivity index is 2.79. The zero-order valence-corrected chi connectivity index (χ0v) is 13.4. The van der Waals surface area contributed by atoms with E-state index < -0.39 is 0 Å². The molecule has 0 aliphatic carbocycles. The van der Waals surface area contributed by atoms with E-state index in [1.807, 2.05) is 7.05 Å². The van der Waals surface area contributed by atoms with Crippen LogP contribution in [0.2, 0.25) is 0 Å². The fraction of sp³-hybridized carbons (Fsp3) is 0.600. The third kappa shape index (κ3) is 4.62. The van der Waals surface area contributed by atoms with Gasteiger partial charge in [-0.25, -0.2) is 0 Å². The van der Waals surface area contributed by atoms with E-state index in [4.69, 9.17) is 4.74 Å². The summed E-state index contributed by atoms with van der Waals surface area (Å²) in [6.45, 7) is 8.19. The number of aryl methyl sites for hydroxylation is 1. The van der Waals surface area contributed by atoms with Crippen molar-refractivity contribution in [1.29, 1.82) is 0 Å². The van der Waals surface area contributed by atoms with Gasteiger partial charge in [0.15, 0.2) is 0 Å². The van der Waals surface area contributed by atoms with Gasteiger partial charge in [-0.1, -0.05) is 36.2 Å². The van der Waals surface area contributed by atoms with Crippen molar-refractivity contribution >= 4 is 15.9 Å². The first-order chi connectivity index (χ1) is 8.58. The van der Waals surface area contributed by atoms with Crippen LogP contribution in [0.5, 0.6) is 5.75 Å². The van der Waals surface area contributed by atoms with E-state index in [-0.39, 0.29) is 0 Å². The second kappa shape index (κ2) is 7.80. The second-order valence-corrected chi connectivity index (χ2v) is 5.86. The summed E-state index contributed by atoms with van der Waals surface area (Å²) in [5.74, 6) is 1.65. The molecule has 0 aliphatic rings. The van der Waals surface area contributed by atoms with Crippen molar-refractivity contribution in [2.45, 2.75) is 40.2 Å². The molecule has 2 nitrogen and oxygen atoms in total. The number of hydrogen-bond donors (Lipinski definition) is 1. The molecule has 0 saturated heterocycles. The monoisotopic (exact) mass is 313 g/mol. The number of halogens is 1. The highest BCUT2D eigenvalue weighted by Gasteiger charge is 2.10. The van der Waals surface area contributed by atoms with Crippen molar-refractivity contribution in [3.05, 3.63) is 27.7 Å². The fourth-order valence-corrected chi connectivity index (χ4v) is 2.75. The van der Waals surface area contributed by atoms with Crippen molar-refractivity contribution < 1.29 is 4.74 Å². The van der Waals surface area contributed by atoms with Crippen molar-refractivity contribution in [3.8, 4) is 5.75 Å². The first-order valence-corrected chi connectivity index (χ1v) is 7.44. The summed E-state index contributed by atoms with van der Waals surface area (Å²) in [6.07, 6.45) is 2.43. The molecule has 1 aromatic rings. The van der Waals surface area contributed by atoms with Gasteiger partial charge in [0.25, 0.3) is 0 Å². The van der Waals surface area contributed by atoms with E-state index in [1.165, 1.54) is 24.0 Å². The van der Waals surface area contributed by atoms with Crippen LogP contribution in [0.15, 0.2) is 16.6 Å². The van der Waals surface area contributed by atoms with Crippen LogP contribution in [0.4, 0.5) is 0 Å². The first kappa shape index (κ1) is 15.5. The van der Waals surface area contributed by atoms with Crippen molar-refractivity contribution in [2.75, 3.05) is 13.7 Å². The maximum Gasteiger partial charge on any atom is 0.126 e. The van der Waals surface area contributed by atoms with Gasteiger partial charge in [0.2, 0.25) is 0 Å². The summed E-state index contributed by atoms with van der Waals surface area (Å²) in [5.41, 5.74) is 2.41. The number of rotatable bonds is 7. The first-order valence-electron chi connectivity index (χ1n) is 6.64. The van der Waals surface area contributed by atoms with E-state index in [1.54, 1.807) is 0 Å². The summed E-state index contributed by atoms with van der Waals surface area (Å²) in [4.78, 5) is 0. The van der Waals surface area contributed by atoms with Gasteiger partial charge < -0.3 is 10.1 Å². The van der Waals surface area contributed by atoms with Crippen LogP contribution in [0, 0.1) is 12.8 Å². The lowest BCUT2D eigenvalue weighted by molar-refractivity contribution is 0.247. The third-order valence-electron chi connectivity index (χ3n) is 2.98. The minimum atomic E-state index is 0.612. The number of benzene rings is 1. The molecule has 102 valence electrons. The Morgan fingerprint density at radius 3 is 2.72 bits per heavy atom. The van der Waals surface area contributed by atoms with E-state index in [9.17, 15) is 0 Å². The summed E-state index contributed by atoms with van der Waals surface area (Å²) >= 11 is 3.54. The number of nitrogens with one attached hydrogen (secondary N) is 1. The quantitative estimate of drug-likeness (QED) is 0.810. The standard InChI is InChI=1S/C15H24BrNO/c1-5-6-11(2)10-18-15-12(3)7-14(16)8-13(15)9-17-4/h7-8,11,17H,5-6,9-10H2,1-4H3. The van der Waals surface area contributed by atoms with Gasteiger partial charge in [-0.05, 0) is 44.0 Å². The Morgan fingerprint density at radius 1 is 1.39 bits per heavy atom. The van der Waals surface area contributed by atoms with E-state index in [0.29, 0.717) is 5.92 Å². The molecule has 0 fully saturated rings. The fourth-order valence-electron chi connectivity index (χ4n) is 2.13. The maximum atomic E-state index is 6.03. The van der Waals surface area contributed by atoms with Gasteiger partial charge in [0.1, 0.15) is 5.75 Å². The van der Waals surface area contributed by atoms with Crippen molar-refractivity contribution in [2.24, 2.45) is 5.92 Å². The van der Waals surface area contributed by atoms with Crippen molar-refractivity contribution in [3.63, 3.8) is 0 Å². The highest BCUT2D eigenvalue weighted by atomic mass is 79.9. The lowest BCUT2D eigenvalue weighted by Gasteiger charge is -2.17. The molecule has 0 amide bonds. The van der Waals surface area contributed by atoms with Crippen LogP contribution >= 0.6 is 15.9 Å². The largest absolute Gasteiger partial charge is 0.493 e. The molecule has 18 heavy (non-hydrogen) atoms. The van der Waals surface area contributed by atoms with Crippen LogP contribution in [-0.4, -0.2) is 13.7 Å². The van der Waals surface area contributed by atoms with Gasteiger partial charge in [-0.3, -0.25) is 0 Å². The predicted octanol–water partition coefficient (Wildman–Crippen LogP) is 4.29. The normalized spacial score (nSPS) is 12.5. The van der Waals surface area contributed by atoms with Crippen LogP contribution in [0.25, 0.3) is 0 Å². The van der Waals surface area contributed by atoms with Gasteiger partial charge >= 0.3 is 0 Å². The highest BCUT2D eigenvalue weighted by Crippen LogP contribution is 2.28. The Bertz CT molecular complexity index is 379. The van der Waals surface area contributed by atoms with Gasteiger partial charge in [0.05, 0.1) is 6.61 Å². The molecule has 0 aromatic heterocycles. The molecule has 0 spiro atoms. The molecule has 1 N–H and O–H groups in total. The molecule has 0 bridgehead atoms. The molecule has 0 aliphatic heterocycles. The SMILES string of the molecule is CCCC(C)COc1c(C)cc(Br)cc1CNC. The van der Waals surface area contributed by atoms with Crippen molar-refractivity contribution in [1.82, 2.24) is 5.32 Å². The lowest BCUT2D eigenvalue weighted by Crippen LogP contribution is -2.13. The van der Waals surface area contributed by atoms with Crippen LogP contribution in [0.1, 0.15) is 37.8 Å². The molecular weight excluding hydrogens is 290 g/mol. The van der Waals surface area contributed by atoms with E-state index in [0.717, 1.165) is 23.4 Å². The smallest absolute Gasteiger partial charge is 0.126 e.